The number of hydrogen-bond donors (Lipinski definition) is 1. The number of carbonyl (C=O) groups is 2. The highest BCUT2D eigenvalue weighted by Crippen LogP contribution is 2.33. The van der Waals surface area contributed by atoms with Crippen molar-refractivity contribution < 1.29 is 23.8 Å². The lowest BCUT2D eigenvalue weighted by atomic mass is 9.95. The number of benzene rings is 2. The van der Waals surface area contributed by atoms with Crippen LogP contribution in [0.1, 0.15) is 24.0 Å². The summed E-state index contributed by atoms with van der Waals surface area (Å²) in [6, 6.07) is 11.4. The normalized spacial score (nSPS) is 16.5. The summed E-state index contributed by atoms with van der Waals surface area (Å²) in [6.45, 7) is 3.10. The lowest BCUT2D eigenvalue weighted by Crippen LogP contribution is -2.46. The van der Waals surface area contributed by atoms with Crippen LogP contribution in [0.4, 0.5) is 5.69 Å². The number of ether oxygens (including phenoxy) is 3. The summed E-state index contributed by atoms with van der Waals surface area (Å²) < 4.78 is 16.1. The molecular formula is C26H33N3O5. The third-order valence-corrected chi connectivity index (χ3v) is 6.75. The maximum absolute atomic E-state index is 13.0. The van der Waals surface area contributed by atoms with Crippen molar-refractivity contribution in [2.45, 2.75) is 25.8 Å². The van der Waals surface area contributed by atoms with E-state index in [0.717, 1.165) is 43.7 Å². The Hall–Kier alpha value is -3.26. The molecule has 2 aromatic carbocycles. The number of nitrogens with one attached hydrogen (secondary N) is 1. The summed E-state index contributed by atoms with van der Waals surface area (Å²) >= 11 is 0. The van der Waals surface area contributed by atoms with Crippen LogP contribution in [0.25, 0.3) is 0 Å². The molecule has 182 valence electrons. The van der Waals surface area contributed by atoms with E-state index in [-0.39, 0.29) is 17.7 Å². The van der Waals surface area contributed by atoms with Crippen molar-refractivity contribution >= 4 is 17.5 Å². The molecule has 8 nitrogen and oxygen atoms in total. The van der Waals surface area contributed by atoms with E-state index in [1.54, 1.807) is 21.3 Å². The fourth-order valence-electron chi connectivity index (χ4n) is 4.72. The number of methoxy groups -OCH3 is 3. The highest BCUT2D eigenvalue weighted by atomic mass is 16.5. The first kappa shape index (κ1) is 23.9. The van der Waals surface area contributed by atoms with E-state index in [1.807, 2.05) is 41.3 Å². The van der Waals surface area contributed by atoms with Gasteiger partial charge >= 0.3 is 0 Å². The van der Waals surface area contributed by atoms with Crippen LogP contribution in [0.3, 0.4) is 0 Å². The van der Waals surface area contributed by atoms with Crippen LogP contribution in [0.2, 0.25) is 0 Å². The molecule has 8 heteroatoms. The van der Waals surface area contributed by atoms with Gasteiger partial charge in [-0.1, -0.05) is 12.1 Å². The second kappa shape index (κ2) is 10.8. The van der Waals surface area contributed by atoms with Crippen molar-refractivity contribution in [2.24, 2.45) is 5.92 Å². The van der Waals surface area contributed by atoms with Crippen molar-refractivity contribution in [1.82, 2.24) is 9.80 Å². The van der Waals surface area contributed by atoms with Gasteiger partial charge in [0.05, 0.1) is 33.6 Å². The van der Waals surface area contributed by atoms with Crippen LogP contribution >= 0.6 is 0 Å². The molecule has 34 heavy (non-hydrogen) atoms. The number of piperidine rings is 1. The van der Waals surface area contributed by atoms with Crippen LogP contribution in [0.15, 0.2) is 36.4 Å². The van der Waals surface area contributed by atoms with Gasteiger partial charge in [-0.3, -0.25) is 14.5 Å². The fraction of sp³-hybridized carbons (Fsp3) is 0.462. The van der Waals surface area contributed by atoms with E-state index >= 15 is 0 Å². The summed E-state index contributed by atoms with van der Waals surface area (Å²) in [5.74, 6) is 2.12. The molecule has 0 atom stereocenters. The molecular weight excluding hydrogens is 434 g/mol. The predicted octanol–water partition coefficient (Wildman–Crippen LogP) is 2.95. The monoisotopic (exact) mass is 467 g/mol. The first-order valence-corrected chi connectivity index (χ1v) is 11.7. The van der Waals surface area contributed by atoms with Crippen LogP contribution in [-0.2, 0) is 22.6 Å². The van der Waals surface area contributed by atoms with Gasteiger partial charge < -0.3 is 24.4 Å². The highest BCUT2D eigenvalue weighted by molar-refractivity contribution is 5.94. The third-order valence-electron chi connectivity index (χ3n) is 6.75. The Balaban J connectivity index is 1.28. The Labute approximate surface area is 200 Å². The van der Waals surface area contributed by atoms with E-state index in [9.17, 15) is 9.59 Å². The Kier molecular flexibility index (Phi) is 7.57. The minimum Gasteiger partial charge on any atom is -0.495 e. The number of hydrogen-bond acceptors (Lipinski definition) is 6. The standard InChI is InChI=1S/C26H33N3O5/c1-32-22-7-5-4-6-21(22)27-26(31)18-8-11-28(12-9-18)17-25(30)29-13-10-19-14-23(33-2)24(34-3)15-20(19)16-29/h4-7,14-15,18H,8-13,16-17H2,1-3H3,(H,27,31). The van der Waals surface area contributed by atoms with E-state index in [2.05, 4.69) is 10.2 Å². The SMILES string of the molecule is COc1ccccc1NC(=O)C1CCN(CC(=O)N2CCc3cc(OC)c(OC)cc3C2)CC1. The maximum atomic E-state index is 13.0. The minimum absolute atomic E-state index is 0.00693. The molecule has 0 saturated carbocycles. The Morgan fingerprint density at radius 1 is 0.912 bits per heavy atom. The summed E-state index contributed by atoms with van der Waals surface area (Å²) in [4.78, 5) is 29.8. The van der Waals surface area contributed by atoms with Crippen molar-refractivity contribution in [2.75, 3.05) is 52.8 Å². The molecule has 0 aliphatic carbocycles. The summed E-state index contributed by atoms with van der Waals surface area (Å²) in [7, 11) is 4.85. The van der Waals surface area contributed by atoms with E-state index in [1.165, 1.54) is 5.56 Å². The molecule has 1 N–H and O–H groups in total. The second-order valence-electron chi connectivity index (χ2n) is 8.78. The number of carbonyl (C=O) groups excluding carboxylic acids is 2. The van der Waals surface area contributed by atoms with Crippen molar-refractivity contribution in [3.63, 3.8) is 0 Å². The predicted molar refractivity (Wildman–Crippen MR) is 129 cm³/mol. The van der Waals surface area contributed by atoms with Gasteiger partial charge in [-0.2, -0.15) is 0 Å². The highest BCUT2D eigenvalue weighted by Gasteiger charge is 2.29. The first-order valence-electron chi connectivity index (χ1n) is 11.7. The Morgan fingerprint density at radius 2 is 1.56 bits per heavy atom. The molecule has 0 bridgehead atoms. The van der Waals surface area contributed by atoms with Crippen molar-refractivity contribution in [3.8, 4) is 17.2 Å². The molecule has 2 aromatic rings. The van der Waals surface area contributed by atoms with E-state index < -0.39 is 0 Å². The quantitative estimate of drug-likeness (QED) is 0.675. The van der Waals surface area contributed by atoms with Crippen molar-refractivity contribution in [3.05, 3.63) is 47.5 Å². The molecule has 1 saturated heterocycles. The van der Waals surface area contributed by atoms with Gasteiger partial charge in [-0.25, -0.2) is 0 Å². The fourth-order valence-corrected chi connectivity index (χ4v) is 4.72. The van der Waals surface area contributed by atoms with Crippen LogP contribution in [0, 0.1) is 5.92 Å². The number of amides is 2. The topological polar surface area (TPSA) is 80.3 Å². The molecule has 4 rings (SSSR count). The molecule has 0 aromatic heterocycles. The molecule has 2 aliphatic rings. The largest absolute Gasteiger partial charge is 0.495 e. The number of anilines is 1. The number of rotatable bonds is 7. The molecule has 2 heterocycles. The molecule has 2 amide bonds. The summed E-state index contributed by atoms with van der Waals surface area (Å²) in [5, 5.41) is 2.99. The zero-order valence-corrected chi connectivity index (χ0v) is 20.1. The Bertz CT molecular complexity index is 1030. The van der Waals surface area contributed by atoms with Crippen molar-refractivity contribution in [1.29, 1.82) is 0 Å². The number of likely N-dealkylation sites (tertiary alicyclic amines) is 1. The molecule has 0 unspecified atom stereocenters. The van der Waals surface area contributed by atoms with Gasteiger partial charge in [0.25, 0.3) is 0 Å². The van der Waals surface area contributed by atoms with Crippen LogP contribution in [0.5, 0.6) is 17.2 Å². The summed E-state index contributed by atoms with van der Waals surface area (Å²) in [5.41, 5.74) is 2.99. The average molecular weight is 468 g/mol. The van der Waals surface area contributed by atoms with Gasteiger partial charge in [0.1, 0.15) is 5.75 Å². The smallest absolute Gasteiger partial charge is 0.237 e. The van der Waals surface area contributed by atoms with Gasteiger partial charge in [0.2, 0.25) is 11.8 Å². The zero-order chi connectivity index (χ0) is 24.1. The molecule has 0 spiro atoms. The number of para-hydroxylation sites is 2. The number of fused-ring (bicyclic) bond motifs is 1. The van der Waals surface area contributed by atoms with Crippen LogP contribution < -0.4 is 19.5 Å². The average Bonchev–Trinajstić information content (AvgIpc) is 2.88. The third kappa shape index (κ3) is 5.28. The summed E-state index contributed by atoms with van der Waals surface area (Å²) in [6.07, 6.45) is 2.26. The lowest BCUT2D eigenvalue weighted by molar-refractivity contribution is -0.133. The zero-order valence-electron chi connectivity index (χ0n) is 20.1. The van der Waals surface area contributed by atoms with E-state index in [0.29, 0.717) is 36.8 Å². The van der Waals surface area contributed by atoms with Gasteiger partial charge in [0, 0.05) is 19.0 Å². The van der Waals surface area contributed by atoms with Gasteiger partial charge in [-0.05, 0) is 67.7 Å². The van der Waals surface area contributed by atoms with Crippen LogP contribution in [-0.4, -0.2) is 69.1 Å². The number of nitrogens with zero attached hydrogens (tertiary/aromatic N) is 2. The second-order valence-corrected chi connectivity index (χ2v) is 8.78. The van der Waals surface area contributed by atoms with E-state index in [4.69, 9.17) is 14.2 Å². The molecule has 0 radical (unpaired) electrons. The minimum atomic E-state index is -0.0689. The van der Waals surface area contributed by atoms with Gasteiger partial charge in [-0.15, -0.1) is 0 Å². The molecule has 1 fully saturated rings. The Morgan fingerprint density at radius 3 is 2.24 bits per heavy atom. The first-order chi connectivity index (χ1) is 16.5. The maximum Gasteiger partial charge on any atom is 0.237 e. The van der Waals surface area contributed by atoms with Gasteiger partial charge in [0.15, 0.2) is 11.5 Å². The molecule has 2 aliphatic heterocycles. The lowest BCUT2D eigenvalue weighted by Gasteiger charge is -2.34.